The molecule has 2 unspecified atom stereocenters. The van der Waals surface area contributed by atoms with Crippen molar-refractivity contribution in [3.63, 3.8) is 0 Å². The van der Waals surface area contributed by atoms with Crippen LogP contribution < -0.4 is 16.8 Å². The van der Waals surface area contributed by atoms with Gasteiger partial charge < -0.3 is 16.8 Å². The Morgan fingerprint density at radius 1 is 0.864 bits per heavy atom. The number of hydrogen-bond donors (Lipinski definition) is 3. The molecule has 0 heterocycles. The van der Waals surface area contributed by atoms with E-state index in [-0.39, 0.29) is 29.7 Å². The highest BCUT2D eigenvalue weighted by Gasteiger charge is 2.41. The minimum atomic E-state index is -0.195. The number of carbonyl (C=O) groups is 2. The molecule has 2 atom stereocenters. The highest BCUT2D eigenvalue weighted by Crippen LogP contribution is 2.42. The summed E-state index contributed by atoms with van der Waals surface area (Å²) < 4.78 is 0. The van der Waals surface area contributed by atoms with Crippen molar-refractivity contribution in [3.8, 4) is 0 Å². The fourth-order valence-corrected chi connectivity index (χ4v) is 4.84. The Labute approximate surface area is 132 Å². The van der Waals surface area contributed by atoms with Crippen molar-refractivity contribution < 1.29 is 9.59 Å². The van der Waals surface area contributed by atoms with E-state index >= 15 is 0 Å². The molecule has 3 saturated carbocycles. The molecule has 3 fully saturated rings. The summed E-state index contributed by atoms with van der Waals surface area (Å²) in [5, 5.41) is 3.22. The second-order valence-electron chi connectivity index (χ2n) is 7.66. The maximum Gasteiger partial charge on any atom is 0.223 e. The first-order valence-electron chi connectivity index (χ1n) is 8.90. The van der Waals surface area contributed by atoms with Gasteiger partial charge in [0.15, 0.2) is 0 Å². The summed E-state index contributed by atoms with van der Waals surface area (Å²) in [4.78, 5) is 23.8. The zero-order valence-corrected chi connectivity index (χ0v) is 13.3. The number of nitrogens with two attached hydrogens (primary N) is 2. The van der Waals surface area contributed by atoms with Crippen LogP contribution in [0.25, 0.3) is 0 Å². The normalized spacial score (nSPS) is 41.7. The zero-order valence-electron chi connectivity index (χ0n) is 13.3. The van der Waals surface area contributed by atoms with E-state index in [0.717, 1.165) is 38.5 Å². The van der Waals surface area contributed by atoms with Crippen LogP contribution in [0, 0.1) is 23.7 Å². The van der Waals surface area contributed by atoms with Crippen LogP contribution in [0.3, 0.4) is 0 Å². The molecule has 5 heteroatoms. The molecule has 5 nitrogen and oxygen atoms in total. The second-order valence-corrected chi connectivity index (χ2v) is 7.66. The Balaban J connectivity index is 1.50. The Hall–Kier alpha value is -1.10. The van der Waals surface area contributed by atoms with Gasteiger partial charge in [-0.2, -0.15) is 0 Å². The van der Waals surface area contributed by atoms with E-state index < -0.39 is 0 Å². The monoisotopic (exact) mass is 307 g/mol. The largest absolute Gasteiger partial charge is 0.369 e. The van der Waals surface area contributed by atoms with Crippen molar-refractivity contribution in [3.05, 3.63) is 0 Å². The standard InChI is InChI=1S/C17H29N3O2/c18-15-11-2-1-3-12(15)9-13(8-11)17(22)20-14-6-4-10(5-7-14)16(19)21/h10-15H,1-9,18H2,(H2,19,21)(H,20,22). The summed E-state index contributed by atoms with van der Waals surface area (Å²) in [5.41, 5.74) is 11.7. The van der Waals surface area contributed by atoms with Crippen LogP contribution in [0.5, 0.6) is 0 Å². The SMILES string of the molecule is NC(=O)C1CCC(NC(=O)C2CC3CCCC(C2)C3N)CC1. The summed E-state index contributed by atoms with van der Waals surface area (Å²) in [6.45, 7) is 0. The van der Waals surface area contributed by atoms with Gasteiger partial charge in [-0.25, -0.2) is 0 Å². The first-order valence-corrected chi connectivity index (χ1v) is 8.90. The molecule has 2 amide bonds. The molecule has 0 aromatic heterocycles. The van der Waals surface area contributed by atoms with Gasteiger partial charge in [-0.3, -0.25) is 9.59 Å². The van der Waals surface area contributed by atoms with Crippen LogP contribution in [0.2, 0.25) is 0 Å². The number of rotatable bonds is 3. The molecular formula is C17H29N3O2. The molecule has 0 aromatic carbocycles. The highest BCUT2D eigenvalue weighted by molar-refractivity contribution is 5.79. The van der Waals surface area contributed by atoms with Gasteiger partial charge in [0.1, 0.15) is 0 Å². The topological polar surface area (TPSA) is 98.2 Å². The van der Waals surface area contributed by atoms with Crippen LogP contribution in [-0.4, -0.2) is 23.9 Å². The van der Waals surface area contributed by atoms with E-state index in [0.29, 0.717) is 17.9 Å². The number of fused-ring (bicyclic) bond motifs is 2. The molecule has 0 spiro atoms. The van der Waals surface area contributed by atoms with Gasteiger partial charge in [-0.1, -0.05) is 6.42 Å². The number of primary amides is 1. The average Bonchev–Trinajstić information content (AvgIpc) is 2.47. The molecule has 3 aliphatic rings. The van der Waals surface area contributed by atoms with Crippen LogP contribution in [-0.2, 0) is 9.59 Å². The molecule has 124 valence electrons. The lowest BCUT2D eigenvalue weighted by atomic mass is 9.65. The van der Waals surface area contributed by atoms with Gasteiger partial charge in [0.2, 0.25) is 11.8 Å². The highest BCUT2D eigenvalue weighted by atomic mass is 16.2. The Kier molecular flexibility index (Phi) is 4.71. The lowest BCUT2D eigenvalue weighted by molar-refractivity contribution is -0.129. The summed E-state index contributed by atoms with van der Waals surface area (Å²) in [5.74, 6) is 1.23. The molecule has 22 heavy (non-hydrogen) atoms. The van der Waals surface area contributed by atoms with E-state index in [9.17, 15) is 9.59 Å². The second kappa shape index (κ2) is 6.57. The van der Waals surface area contributed by atoms with Gasteiger partial charge in [0.25, 0.3) is 0 Å². The van der Waals surface area contributed by atoms with Crippen molar-refractivity contribution >= 4 is 11.8 Å². The minimum Gasteiger partial charge on any atom is -0.369 e. The zero-order chi connectivity index (χ0) is 15.7. The predicted molar refractivity (Wildman–Crippen MR) is 84.6 cm³/mol. The van der Waals surface area contributed by atoms with E-state index in [4.69, 9.17) is 11.5 Å². The van der Waals surface area contributed by atoms with Crippen molar-refractivity contribution in [1.29, 1.82) is 0 Å². The van der Waals surface area contributed by atoms with Crippen molar-refractivity contribution in [2.45, 2.75) is 69.9 Å². The molecule has 0 aromatic rings. The fourth-order valence-electron chi connectivity index (χ4n) is 4.84. The van der Waals surface area contributed by atoms with Gasteiger partial charge in [0.05, 0.1) is 0 Å². The van der Waals surface area contributed by atoms with Crippen molar-refractivity contribution in [2.24, 2.45) is 35.1 Å². The number of hydrogen-bond acceptors (Lipinski definition) is 3. The van der Waals surface area contributed by atoms with Crippen LogP contribution in [0.1, 0.15) is 57.8 Å². The average molecular weight is 307 g/mol. The summed E-state index contributed by atoms with van der Waals surface area (Å²) >= 11 is 0. The van der Waals surface area contributed by atoms with Crippen LogP contribution >= 0.6 is 0 Å². The summed E-state index contributed by atoms with van der Waals surface area (Å²) in [6, 6.07) is 0.530. The van der Waals surface area contributed by atoms with Crippen LogP contribution in [0.4, 0.5) is 0 Å². The molecule has 0 aliphatic heterocycles. The molecular weight excluding hydrogens is 278 g/mol. The Morgan fingerprint density at radius 2 is 1.45 bits per heavy atom. The van der Waals surface area contributed by atoms with E-state index in [2.05, 4.69) is 5.32 Å². The number of carbonyl (C=O) groups excluding carboxylic acids is 2. The van der Waals surface area contributed by atoms with Crippen molar-refractivity contribution in [1.82, 2.24) is 5.32 Å². The van der Waals surface area contributed by atoms with Gasteiger partial charge in [-0.05, 0) is 63.2 Å². The molecule has 3 aliphatic carbocycles. The molecule has 0 saturated heterocycles. The third kappa shape index (κ3) is 3.29. The Bertz CT molecular complexity index is 418. The van der Waals surface area contributed by atoms with Crippen molar-refractivity contribution in [2.75, 3.05) is 0 Å². The maximum atomic E-state index is 12.6. The van der Waals surface area contributed by atoms with Gasteiger partial charge in [-0.15, -0.1) is 0 Å². The lowest BCUT2D eigenvalue weighted by Gasteiger charge is -2.44. The van der Waals surface area contributed by atoms with E-state index in [1.54, 1.807) is 0 Å². The van der Waals surface area contributed by atoms with Gasteiger partial charge in [0, 0.05) is 23.9 Å². The minimum absolute atomic E-state index is 0.000174. The van der Waals surface area contributed by atoms with Crippen LogP contribution in [0.15, 0.2) is 0 Å². The first kappa shape index (κ1) is 15.8. The Morgan fingerprint density at radius 3 is 2.00 bits per heavy atom. The predicted octanol–water partition coefficient (Wildman–Crippen LogP) is 1.30. The van der Waals surface area contributed by atoms with Gasteiger partial charge >= 0.3 is 0 Å². The molecule has 2 bridgehead atoms. The number of amides is 2. The summed E-state index contributed by atoms with van der Waals surface area (Å²) in [6.07, 6.45) is 8.92. The lowest BCUT2D eigenvalue weighted by Crippen LogP contribution is -2.50. The fraction of sp³-hybridized carbons (Fsp3) is 0.882. The quantitative estimate of drug-likeness (QED) is 0.733. The van der Waals surface area contributed by atoms with E-state index in [1.165, 1.54) is 19.3 Å². The third-order valence-electron chi connectivity index (χ3n) is 6.26. The van der Waals surface area contributed by atoms with E-state index in [1.807, 2.05) is 0 Å². The smallest absolute Gasteiger partial charge is 0.223 e. The summed E-state index contributed by atoms with van der Waals surface area (Å²) in [7, 11) is 0. The molecule has 0 radical (unpaired) electrons. The maximum absolute atomic E-state index is 12.6. The first-order chi connectivity index (χ1) is 10.5. The molecule has 3 rings (SSSR count). The third-order valence-corrected chi connectivity index (χ3v) is 6.26. The molecule has 5 N–H and O–H groups in total. The number of nitrogens with one attached hydrogen (secondary N) is 1.